The fourth-order valence-corrected chi connectivity index (χ4v) is 2.06. The second-order valence-electron chi connectivity index (χ2n) is 4.62. The lowest BCUT2D eigenvalue weighted by molar-refractivity contribution is 0.0689. The number of halogens is 1. The summed E-state index contributed by atoms with van der Waals surface area (Å²) in [7, 11) is 1.68. The number of hydrogen-bond donors (Lipinski definition) is 1. The Morgan fingerprint density at radius 2 is 2.06 bits per heavy atom. The lowest BCUT2D eigenvalue weighted by Crippen LogP contribution is -2.18. The first-order valence-corrected chi connectivity index (χ1v) is 6.26. The molecule has 0 aromatic heterocycles. The summed E-state index contributed by atoms with van der Waals surface area (Å²) < 4.78 is 6.36. The molecule has 0 aliphatic heterocycles. The molecule has 0 saturated heterocycles. The molecule has 0 heterocycles. The SMILES string of the molecule is COc1ccc(Br)cc1CCCC(C)(C)O. The van der Waals surface area contributed by atoms with E-state index in [1.807, 2.05) is 26.0 Å². The van der Waals surface area contributed by atoms with Crippen LogP contribution in [0.5, 0.6) is 5.75 Å². The Balaban J connectivity index is 2.62. The number of aryl methyl sites for hydroxylation is 1. The fraction of sp³-hybridized carbons (Fsp3) is 0.538. The normalized spacial score (nSPS) is 11.6. The van der Waals surface area contributed by atoms with Crippen molar-refractivity contribution >= 4 is 15.9 Å². The zero-order valence-electron chi connectivity index (χ0n) is 10.1. The summed E-state index contributed by atoms with van der Waals surface area (Å²) >= 11 is 3.45. The van der Waals surface area contributed by atoms with E-state index in [2.05, 4.69) is 22.0 Å². The van der Waals surface area contributed by atoms with E-state index in [1.165, 1.54) is 5.56 Å². The maximum absolute atomic E-state index is 9.64. The van der Waals surface area contributed by atoms with Crippen molar-refractivity contribution in [3.05, 3.63) is 28.2 Å². The molecule has 0 fully saturated rings. The number of hydrogen-bond acceptors (Lipinski definition) is 2. The summed E-state index contributed by atoms with van der Waals surface area (Å²) in [6.45, 7) is 3.68. The van der Waals surface area contributed by atoms with Gasteiger partial charge < -0.3 is 9.84 Å². The van der Waals surface area contributed by atoms with Crippen LogP contribution in [0.3, 0.4) is 0 Å². The Kier molecular flexibility index (Phi) is 4.81. The molecular formula is C13H19BrO2. The Bertz CT molecular complexity index is 342. The quantitative estimate of drug-likeness (QED) is 0.897. The molecule has 1 aromatic carbocycles. The second-order valence-corrected chi connectivity index (χ2v) is 5.54. The summed E-state index contributed by atoms with van der Waals surface area (Å²) in [4.78, 5) is 0. The van der Waals surface area contributed by atoms with Crippen molar-refractivity contribution in [2.45, 2.75) is 38.7 Å². The van der Waals surface area contributed by atoms with Crippen molar-refractivity contribution in [1.82, 2.24) is 0 Å². The molecule has 1 aromatic rings. The van der Waals surface area contributed by atoms with E-state index in [1.54, 1.807) is 7.11 Å². The van der Waals surface area contributed by atoms with E-state index >= 15 is 0 Å². The highest BCUT2D eigenvalue weighted by atomic mass is 79.9. The predicted molar refractivity (Wildman–Crippen MR) is 69.9 cm³/mol. The van der Waals surface area contributed by atoms with E-state index in [0.29, 0.717) is 0 Å². The molecule has 0 atom stereocenters. The lowest BCUT2D eigenvalue weighted by atomic mass is 9.99. The minimum atomic E-state index is -0.584. The van der Waals surface area contributed by atoms with Gasteiger partial charge in [0.15, 0.2) is 0 Å². The molecule has 0 aliphatic rings. The maximum atomic E-state index is 9.64. The van der Waals surface area contributed by atoms with Crippen LogP contribution >= 0.6 is 15.9 Å². The van der Waals surface area contributed by atoms with Gasteiger partial charge in [-0.2, -0.15) is 0 Å². The van der Waals surface area contributed by atoms with Crippen molar-refractivity contribution in [3.63, 3.8) is 0 Å². The smallest absolute Gasteiger partial charge is 0.122 e. The molecular weight excluding hydrogens is 268 g/mol. The Morgan fingerprint density at radius 3 is 2.62 bits per heavy atom. The molecule has 0 saturated carbocycles. The minimum absolute atomic E-state index is 0.584. The van der Waals surface area contributed by atoms with E-state index in [-0.39, 0.29) is 0 Å². The summed E-state index contributed by atoms with van der Waals surface area (Å²) in [5.74, 6) is 0.916. The van der Waals surface area contributed by atoms with Crippen LogP contribution in [0.1, 0.15) is 32.3 Å². The molecule has 0 amide bonds. The molecule has 0 unspecified atom stereocenters. The van der Waals surface area contributed by atoms with Gasteiger partial charge in [-0.15, -0.1) is 0 Å². The van der Waals surface area contributed by atoms with E-state index < -0.39 is 5.60 Å². The molecule has 2 nitrogen and oxygen atoms in total. The number of aliphatic hydroxyl groups is 1. The van der Waals surface area contributed by atoms with Crippen LogP contribution in [0.4, 0.5) is 0 Å². The molecule has 0 bridgehead atoms. The van der Waals surface area contributed by atoms with Crippen molar-refractivity contribution in [2.75, 3.05) is 7.11 Å². The van der Waals surface area contributed by atoms with E-state index in [9.17, 15) is 5.11 Å². The number of benzene rings is 1. The topological polar surface area (TPSA) is 29.5 Å². The molecule has 0 aliphatic carbocycles. The average molecular weight is 287 g/mol. The van der Waals surface area contributed by atoms with Crippen LogP contribution < -0.4 is 4.74 Å². The summed E-state index contributed by atoms with van der Waals surface area (Å²) in [5, 5.41) is 9.64. The van der Waals surface area contributed by atoms with Gasteiger partial charge in [-0.3, -0.25) is 0 Å². The molecule has 1 rings (SSSR count). The van der Waals surface area contributed by atoms with Gasteiger partial charge in [0, 0.05) is 4.47 Å². The standard InChI is InChI=1S/C13H19BrO2/c1-13(2,15)8-4-5-10-9-11(14)6-7-12(10)16-3/h6-7,9,15H,4-5,8H2,1-3H3. The van der Waals surface area contributed by atoms with Gasteiger partial charge in [0.2, 0.25) is 0 Å². The average Bonchev–Trinajstić information content (AvgIpc) is 2.16. The van der Waals surface area contributed by atoms with Crippen LogP contribution in [0.2, 0.25) is 0 Å². The molecule has 1 N–H and O–H groups in total. The van der Waals surface area contributed by atoms with Crippen molar-refractivity contribution < 1.29 is 9.84 Å². The van der Waals surface area contributed by atoms with E-state index in [0.717, 1.165) is 29.5 Å². The number of ether oxygens (including phenoxy) is 1. The highest BCUT2D eigenvalue weighted by molar-refractivity contribution is 9.10. The summed E-state index contributed by atoms with van der Waals surface area (Å²) in [6, 6.07) is 6.00. The monoisotopic (exact) mass is 286 g/mol. The number of methoxy groups -OCH3 is 1. The first kappa shape index (κ1) is 13.5. The molecule has 3 heteroatoms. The van der Waals surface area contributed by atoms with Crippen LogP contribution in [-0.4, -0.2) is 17.8 Å². The van der Waals surface area contributed by atoms with Crippen LogP contribution in [-0.2, 0) is 6.42 Å². The third-order valence-electron chi connectivity index (χ3n) is 2.48. The van der Waals surface area contributed by atoms with Gasteiger partial charge in [-0.1, -0.05) is 15.9 Å². The summed E-state index contributed by atoms with van der Waals surface area (Å²) in [6.07, 6.45) is 2.67. The van der Waals surface area contributed by atoms with Crippen LogP contribution in [0.15, 0.2) is 22.7 Å². The van der Waals surface area contributed by atoms with Gasteiger partial charge in [-0.25, -0.2) is 0 Å². The largest absolute Gasteiger partial charge is 0.496 e. The van der Waals surface area contributed by atoms with Gasteiger partial charge in [0.05, 0.1) is 12.7 Å². The molecule has 0 radical (unpaired) electrons. The Hall–Kier alpha value is -0.540. The highest BCUT2D eigenvalue weighted by Gasteiger charge is 2.12. The Labute approximate surface area is 106 Å². The zero-order chi connectivity index (χ0) is 12.2. The van der Waals surface area contributed by atoms with E-state index in [4.69, 9.17) is 4.74 Å². The summed E-state index contributed by atoms with van der Waals surface area (Å²) in [5.41, 5.74) is 0.598. The van der Waals surface area contributed by atoms with Gasteiger partial charge in [0.25, 0.3) is 0 Å². The van der Waals surface area contributed by atoms with Crippen molar-refractivity contribution in [1.29, 1.82) is 0 Å². The third-order valence-corrected chi connectivity index (χ3v) is 2.97. The van der Waals surface area contributed by atoms with Gasteiger partial charge in [0.1, 0.15) is 5.75 Å². The fourth-order valence-electron chi connectivity index (χ4n) is 1.65. The molecule has 16 heavy (non-hydrogen) atoms. The Morgan fingerprint density at radius 1 is 1.38 bits per heavy atom. The minimum Gasteiger partial charge on any atom is -0.496 e. The predicted octanol–water partition coefficient (Wildman–Crippen LogP) is 3.55. The first-order chi connectivity index (χ1) is 7.42. The lowest BCUT2D eigenvalue weighted by Gasteiger charge is -2.17. The zero-order valence-corrected chi connectivity index (χ0v) is 11.7. The van der Waals surface area contributed by atoms with Crippen LogP contribution in [0, 0.1) is 0 Å². The first-order valence-electron chi connectivity index (χ1n) is 5.47. The molecule has 90 valence electrons. The molecule has 0 spiro atoms. The number of rotatable bonds is 5. The van der Waals surface area contributed by atoms with Crippen molar-refractivity contribution in [2.24, 2.45) is 0 Å². The maximum Gasteiger partial charge on any atom is 0.122 e. The van der Waals surface area contributed by atoms with Gasteiger partial charge in [-0.05, 0) is 56.9 Å². The second kappa shape index (κ2) is 5.69. The van der Waals surface area contributed by atoms with Gasteiger partial charge >= 0.3 is 0 Å². The van der Waals surface area contributed by atoms with Crippen LogP contribution in [0.25, 0.3) is 0 Å². The van der Waals surface area contributed by atoms with Crippen molar-refractivity contribution in [3.8, 4) is 5.75 Å². The third kappa shape index (κ3) is 4.54. The highest BCUT2D eigenvalue weighted by Crippen LogP contribution is 2.25.